The van der Waals surface area contributed by atoms with Gasteiger partial charge in [0.05, 0.1) is 15.8 Å². The third-order valence-corrected chi connectivity index (χ3v) is 5.67. The van der Waals surface area contributed by atoms with E-state index in [0.29, 0.717) is 23.1 Å². The molecule has 0 spiro atoms. The van der Waals surface area contributed by atoms with Gasteiger partial charge in [0.2, 0.25) is 5.91 Å². The standard InChI is InChI=1S/C17H19ClN2O3S2/c1-3-10-20(11-14-6-9-16(18)24-14)12-17(21)19-13-4-7-15(8-5-13)25(2,22)23/h3-9H,1,10-12H2,2H3,(H,19,21). The van der Waals surface area contributed by atoms with Crippen LogP contribution in [0.2, 0.25) is 4.34 Å². The van der Waals surface area contributed by atoms with Crippen molar-refractivity contribution in [1.29, 1.82) is 0 Å². The Labute approximate surface area is 156 Å². The lowest BCUT2D eigenvalue weighted by atomic mass is 10.3. The van der Waals surface area contributed by atoms with Gasteiger partial charge in [0.15, 0.2) is 9.84 Å². The van der Waals surface area contributed by atoms with E-state index in [0.717, 1.165) is 11.1 Å². The molecule has 1 aromatic heterocycles. The molecule has 0 atom stereocenters. The number of rotatable bonds is 8. The van der Waals surface area contributed by atoms with Gasteiger partial charge in [-0.2, -0.15) is 0 Å². The van der Waals surface area contributed by atoms with Crippen LogP contribution in [0.3, 0.4) is 0 Å². The zero-order valence-corrected chi connectivity index (χ0v) is 16.1. The number of thiophene rings is 1. The molecule has 0 aliphatic heterocycles. The fraction of sp³-hybridized carbons (Fsp3) is 0.235. The topological polar surface area (TPSA) is 66.5 Å². The maximum absolute atomic E-state index is 12.2. The summed E-state index contributed by atoms with van der Waals surface area (Å²) in [5.41, 5.74) is 0.551. The fourth-order valence-electron chi connectivity index (χ4n) is 2.21. The molecular weight excluding hydrogens is 380 g/mol. The van der Waals surface area contributed by atoms with Crippen LogP contribution >= 0.6 is 22.9 Å². The lowest BCUT2D eigenvalue weighted by Crippen LogP contribution is -2.32. The predicted molar refractivity (Wildman–Crippen MR) is 103 cm³/mol. The van der Waals surface area contributed by atoms with Gasteiger partial charge in [-0.1, -0.05) is 17.7 Å². The van der Waals surface area contributed by atoms with E-state index in [1.807, 2.05) is 17.0 Å². The molecule has 25 heavy (non-hydrogen) atoms. The van der Waals surface area contributed by atoms with Crippen molar-refractivity contribution >= 4 is 44.4 Å². The number of nitrogens with one attached hydrogen (secondary N) is 1. The van der Waals surface area contributed by atoms with E-state index in [2.05, 4.69) is 11.9 Å². The van der Waals surface area contributed by atoms with Crippen LogP contribution in [-0.2, 0) is 21.2 Å². The van der Waals surface area contributed by atoms with E-state index in [9.17, 15) is 13.2 Å². The summed E-state index contributed by atoms with van der Waals surface area (Å²) in [6.07, 6.45) is 2.88. The molecule has 8 heteroatoms. The monoisotopic (exact) mass is 398 g/mol. The number of carbonyl (C=O) groups excluding carboxylic acids is 1. The molecular formula is C17H19ClN2O3S2. The molecule has 0 saturated carbocycles. The molecule has 1 N–H and O–H groups in total. The van der Waals surface area contributed by atoms with E-state index >= 15 is 0 Å². The first-order chi connectivity index (χ1) is 11.8. The van der Waals surface area contributed by atoms with Crippen LogP contribution in [0.1, 0.15) is 4.88 Å². The van der Waals surface area contributed by atoms with Crippen LogP contribution in [-0.4, -0.2) is 38.6 Å². The summed E-state index contributed by atoms with van der Waals surface area (Å²) in [6, 6.07) is 9.86. The largest absolute Gasteiger partial charge is 0.325 e. The van der Waals surface area contributed by atoms with Crippen LogP contribution in [0.15, 0.2) is 53.9 Å². The fourth-order valence-corrected chi connectivity index (χ4v) is 3.97. The van der Waals surface area contributed by atoms with Crippen LogP contribution in [0.4, 0.5) is 5.69 Å². The van der Waals surface area contributed by atoms with E-state index < -0.39 is 9.84 Å². The van der Waals surface area contributed by atoms with Crippen molar-refractivity contribution in [2.24, 2.45) is 0 Å². The summed E-state index contributed by atoms with van der Waals surface area (Å²) in [6.45, 7) is 5.07. The highest BCUT2D eigenvalue weighted by Gasteiger charge is 2.12. The normalized spacial score (nSPS) is 11.5. The van der Waals surface area contributed by atoms with E-state index in [1.54, 1.807) is 18.2 Å². The number of nitrogens with zero attached hydrogens (tertiary/aromatic N) is 1. The quantitative estimate of drug-likeness (QED) is 0.692. The van der Waals surface area contributed by atoms with Gasteiger partial charge in [-0.15, -0.1) is 17.9 Å². The van der Waals surface area contributed by atoms with Gasteiger partial charge in [-0.05, 0) is 36.4 Å². The summed E-state index contributed by atoms with van der Waals surface area (Å²) in [7, 11) is -3.25. The SMILES string of the molecule is C=CCN(CC(=O)Nc1ccc(S(C)(=O)=O)cc1)Cc1ccc(Cl)s1. The number of amides is 1. The van der Waals surface area contributed by atoms with Gasteiger partial charge >= 0.3 is 0 Å². The average Bonchev–Trinajstić information content (AvgIpc) is 2.92. The highest BCUT2D eigenvalue weighted by atomic mass is 35.5. The molecule has 0 aliphatic carbocycles. The van der Waals surface area contributed by atoms with Gasteiger partial charge < -0.3 is 5.32 Å². The minimum Gasteiger partial charge on any atom is -0.325 e. The first kappa shape index (κ1) is 19.7. The van der Waals surface area contributed by atoms with Gasteiger partial charge in [0.25, 0.3) is 0 Å². The molecule has 0 bridgehead atoms. The van der Waals surface area contributed by atoms with Crippen molar-refractivity contribution in [1.82, 2.24) is 4.90 Å². The van der Waals surface area contributed by atoms with Crippen LogP contribution < -0.4 is 5.32 Å². The second-order valence-electron chi connectivity index (χ2n) is 5.51. The number of benzene rings is 1. The molecule has 0 aliphatic rings. The van der Waals surface area contributed by atoms with Crippen LogP contribution in [0, 0.1) is 0 Å². The lowest BCUT2D eigenvalue weighted by molar-refractivity contribution is -0.117. The summed E-state index contributed by atoms with van der Waals surface area (Å²) < 4.78 is 23.6. The van der Waals surface area contributed by atoms with Crippen molar-refractivity contribution in [2.75, 3.05) is 24.7 Å². The summed E-state index contributed by atoms with van der Waals surface area (Å²) >= 11 is 7.41. The Morgan fingerprint density at radius 1 is 1.28 bits per heavy atom. The lowest BCUT2D eigenvalue weighted by Gasteiger charge is -2.19. The highest BCUT2D eigenvalue weighted by molar-refractivity contribution is 7.90. The number of anilines is 1. The van der Waals surface area contributed by atoms with Crippen molar-refractivity contribution in [3.63, 3.8) is 0 Å². The first-order valence-electron chi connectivity index (χ1n) is 7.45. The number of carbonyl (C=O) groups is 1. The van der Waals surface area contributed by atoms with Crippen LogP contribution in [0.25, 0.3) is 0 Å². The van der Waals surface area contributed by atoms with Gasteiger partial charge in [-0.25, -0.2) is 8.42 Å². The number of hydrogen-bond acceptors (Lipinski definition) is 5. The van der Waals surface area contributed by atoms with Gasteiger partial charge in [0, 0.05) is 29.9 Å². The Hall–Kier alpha value is -1.67. The molecule has 5 nitrogen and oxygen atoms in total. The molecule has 1 amide bonds. The Kier molecular flexibility index (Phi) is 6.78. The van der Waals surface area contributed by atoms with Crippen LogP contribution in [0.5, 0.6) is 0 Å². The highest BCUT2D eigenvalue weighted by Crippen LogP contribution is 2.22. The van der Waals surface area contributed by atoms with Crippen molar-refractivity contribution < 1.29 is 13.2 Å². The average molecular weight is 399 g/mol. The first-order valence-corrected chi connectivity index (χ1v) is 10.5. The van der Waals surface area contributed by atoms with Crippen molar-refractivity contribution in [2.45, 2.75) is 11.4 Å². The molecule has 0 unspecified atom stereocenters. The van der Waals surface area contributed by atoms with E-state index in [1.165, 1.54) is 23.5 Å². The Morgan fingerprint density at radius 3 is 2.48 bits per heavy atom. The minimum atomic E-state index is -3.25. The molecule has 0 radical (unpaired) electrons. The molecule has 2 rings (SSSR count). The zero-order chi connectivity index (χ0) is 18.4. The third kappa shape index (κ3) is 6.28. The summed E-state index contributed by atoms with van der Waals surface area (Å²) in [5, 5.41) is 2.77. The molecule has 1 aromatic carbocycles. The second kappa shape index (κ2) is 8.62. The van der Waals surface area contributed by atoms with Gasteiger partial charge in [-0.3, -0.25) is 9.69 Å². The maximum atomic E-state index is 12.2. The van der Waals surface area contributed by atoms with E-state index in [-0.39, 0.29) is 17.3 Å². The molecule has 0 fully saturated rings. The third-order valence-electron chi connectivity index (χ3n) is 3.33. The van der Waals surface area contributed by atoms with Crippen molar-refractivity contribution in [3.8, 4) is 0 Å². The predicted octanol–water partition coefficient (Wildman–Crippen LogP) is 3.43. The Morgan fingerprint density at radius 2 is 1.96 bits per heavy atom. The molecule has 2 aromatic rings. The zero-order valence-electron chi connectivity index (χ0n) is 13.7. The van der Waals surface area contributed by atoms with E-state index in [4.69, 9.17) is 11.6 Å². The number of sulfone groups is 1. The number of hydrogen-bond donors (Lipinski definition) is 1. The molecule has 1 heterocycles. The smallest absolute Gasteiger partial charge is 0.238 e. The van der Waals surface area contributed by atoms with Gasteiger partial charge in [0.1, 0.15) is 0 Å². The van der Waals surface area contributed by atoms with Crippen molar-refractivity contribution in [3.05, 3.63) is 58.3 Å². The molecule has 0 saturated heterocycles. The number of halogens is 1. The minimum absolute atomic E-state index is 0.184. The summed E-state index contributed by atoms with van der Waals surface area (Å²) in [5.74, 6) is -0.184. The second-order valence-corrected chi connectivity index (χ2v) is 9.32. The Bertz CT molecular complexity index is 845. The maximum Gasteiger partial charge on any atom is 0.238 e. The summed E-state index contributed by atoms with van der Waals surface area (Å²) in [4.78, 5) is 15.5. The molecule has 134 valence electrons. The Balaban J connectivity index is 1.97.